The first kappa shape index (κ1) is 28.0. The van der Waals surface area contributed by atoms with E-state index in [-0.39, 0.29) is 32.6 Å². The molecule has 0 aromatic heterocycles. The molecule has 1 aliphatic heterocycles. The van der Waals surface area contributed by atoms with Crippen LogP contribution in [0.4, 0.5) is 23.2 Å². The number of hydrogen-bond acceptors (Lipinski definition) is 5. The molecule has 0 aliphatic carbocycles. The van der Waals surface area contributed by atoms with Gasteiger partial charge in [0.1, 0.15) is 29.1 Å². The van der Waals surface area contributed by atoms with E-state index in [1.807, 2.05) is 0 Å². The molecule has 0 fully saturated rings. The molecule has 2 aromatic rings. The molecule has 0 spiro atoms. The molecule has 0 bridgehead atoms. The SMILES string of the molecule is CN=C1N(C(N)C(F)(F)F)c2ccc(Cl)cc2C(c2c(F)ccc(OC)c2Cl)O[C@@]1(C)[C@H](C)C(=O)O. The van der Waals surface area contributed by atoms with Crippen molar-refractivity contribution in [3.8, 4) is 5.75 Å². The molecule has 0 saturated heterocycles. The monoisotopic (exact) mass is 551 g/mol. The lowest BCUT2D eigenvalue weighted by molar-refractivity contribution is -0.152. The lowest BCUT2D eigenvalue weighted by Gasteiger charge is -2.41. The van der Waals surface area contributed by atoms with Crippen molar-refractivity contribution in [3.63, 3.8) is 0 Å². The summed E-state index contributed by atoms with van der Waals surface area (Å²) in [5, 5.41) is 9.72. The smallest absolute Gasteiger partial charge is 0.422 e. The van der Waals surface area contributed by atoms with Crippen LogP contribution in [0.5, 0.6) is 5.75 Å². The molecule has 0 saturated carbocycles. The van der Waals surface area contributed by atoms with Crippen LogP contribution in [0.2, 0.25) is 10.0 Å². The van der Waals surface area contributed by atoms with Gasteiger partial charge in [-0.3, -0.25) is 9.79 Å². The summed E-state index contributed by atoms with van der Waals surface area (Å²) in [6.45, 7) is 2.48. The molecule has 2 aromatic carbocycles. The van der Waals surface area contributed by atoms with E-state index in [2.05, 4.69) is 4.99 Å². The van der Waals surface area contributed by atoms with Crippen LogP contribution in [0.15, 0.2) is 35.3 Å². The first-order chi connectivity index (χ1) is 16.7. The fourth-order valence-electron chi connectivity index (χ4n) is 4.12. The molecule has 0 amide bonds. The second kappa shape index (κ2) is 10.0. The maximum atomic E-state index is 15.3. The average Bonchev–Trinajstić information content (AvgIpc) is 2.90. The molecule has 1 heterocycles. The summed E-state index contributed by atoms with van der Waals surface area (Å²) in [5.41, 5.74) is 3.10. The summed E-state index contributed by atoms with van der Waals surface area (Å²) in [6.07, 6.45) is -9.17. The molecular weight excluding hydrogens is 529 g/mol. The lowest BCUT2D eigenvalue weighted by Crippen LogP contribution is -2.62. The van der Waals surface area contributed by atoms with Crippen LogP contribution in [0.25, 0.3) is 0 Å². The fraction of sp³-hybridized carbons (Fsp3) is 0.391. The number of benzene rings is 2. The number of anilines is 1. The summed E-state index contributed by atoms with van der Waals surface area (Å²) >= 11 is 12.6. The van der Waals surface area contributed by atoms with Gasteiger partial charge in [0.15, 0.2) is 6.17 Å². The third kappa shape index (κ3) is 4.72. The Balaban J connectivity index is 2.49. The Morgan fingerprint density at radius 2 is 1.94 bits per heavy atom. The van der Waals surface area contributed by atoms with Gasteiger partial charge in [-0.05, 0) is 44.2 Å². The Hall–Kier alpha value is -2.60. The largest absolute Gasteiger partial charge is 0.495 e. The number of ether oxygens (including phenoxy) is 2. The number of amidine groups is 1. The molecule has 13 heteroatoms. The fourth-order valence-corrected chi connectivity index (χ4v) is 4.63. The van der Waals surface area contributed by atoms with Crippen molar-refractivity contribution in [2.45, 2.75) is 37.9 Å². The van der Waals surface area contributed by atoms with Gasteiger partial charge < -0.3 is 25.2 Å². The number of carboxylic acids is 1. The molecule has 0 radical (unpaired) electrons. The number of hydrogen-bond donors (Lipinski definition) is 2. The Morgan fingerprint density at radius 1 is 1.31 bits per heavy atom. The van der Waals surface area contributed by atoms with E-state index < -0.39 is 47.6 Å². The zero-order valence-corrected chi connectivity index (χ0v) is 21.0. The highest BCUT2D eigenvalue weighted by atomic mass is 35.5. The minimum absolute atomic E-state index is 0.0429. The van der Waals surface area contributed by atoms with E-state index in [1.165, 1.54) is 52.3 Å². The van der Waals surface area contributed by atoms with Crippen molar-refractivity contribution in [1.82, 2.24) is 0 Å². The number of alkyl halides is 3. The van der Waals surface area contributed by atoms with Gasteiger partial charge in [-0.1, -0.05) is 23.2 Å². The second-order valence-electron chi connectivity index (χ2n) is 8.25. The lowest BCUT2D eigenvalue weighted by atomic mass is 9.87. The number of aliphatic carboxylic acids is 1. The molecule has 196 valence electrons. The average molecular weight is 552 g/mol. The zero-order chi connectivity index (χ0) is 27.2. The summed E-state index contributed by atoms with van der Waals surface area (Å²) in [6, 6.07) is 6.14. The van der Waals surface area contributed by atoms with Gasteiger partial charge in [-0.2, -0.15) is 13.2 Å². The van der Waals surface area contributed by atoms with Gasteiger partial charge in [-0.15, -0.1) is 0 Å². The molecular formula is C23H23Cl2F4N3O4. The van der Waals surface area contributed by atoms with Crippen LogP contribution in [-0.4, -0.2) is 49.0 Å². The number of nitrogens with two attached hydrogens (primary N) is 1. The normalized spacial score (nSPS) is 23.1. The molecule has 4 atom stereocenters. The maximum Gasteiger partial charge on any atom is 0.422 e. The van der Waals surface area contributed by atoms with Gasteiger partial charge in [0.2, 0.25) is 0 Å². The van der Waals surface area contributed by atoms with Crippen molar-refractivity contribution in [3.05, 3.63) is 57.3 Å². The Morgan fingerprint density at radius 3 is 2.47 bits per heavy atom. The molecule has 1 aliphatic rings. The van der Waals surface area contributed by atoms with Gasteiger partial charge in [0.05, 0.1) is 23.7 Å². The third-order valence-corrected chi connectivity index (χ3v) is 6.79. The second-order valence-corrected chi connectivity index (χ2v) is 9.06. The van der Waals surface area contributed by atoms with E-state index in [4.69, 9.17) is 38.4 Å². The van der Waals surface area contributed by atoms with E-state index in [1.54, 1.807) is 0 Å². The van der Waals surface area contributed by atoms with Crippen molar-refractivity contribution < 1.29 is 36.9 Å². The highest BCUT2D eigenvalue weighted by Gasteiger charge is 2.54. The number of carboxylic acid groups (broad SMARTS) is 1. The summed E-state index contributed by atoms with van der Waals surface area (Å²) < 4.78 is 68.7. The van der Waals surface area contributed by atoms with Crippen molar-refractivity contribution in [2.75, 3.05) is 19.1 Å². The summed E-state index contributed by atoms with van der Waals surface area (Å²) in [4.78, 5) is 16.7. The molecule has 2 unspecified atom stereocenters. The Bertz CT molecular complexity index is 1210. The molecule has 3 N–H and O–H groups in total. The number of nitrogens with zero attached hydrogens (tertiary/aromatic N) is 2. The van der Waals surface area contributed by atoms with Crippen LogP contribution >= 0.6 is 23.2 Å². The number of rotatable bonds is 5. The zero-order valence-electron chi connectivity index (χ0n) is 19.5. The number of fused-ring (bicyclic) bond motifs is 1. The number of carbonyl (C=O) groups is 1. The van der Waals surface area contributed by atoms with Gasteiger partial charge >= 0.3 is 12.1 Å². The molecule has 36 heavy (non-hydrogen) atoms. The number of methoxy groups -OCH3 is 1. The summed E-state index contributed by atoms with van der Waals surface area (Å²) in [7, 11) is 2.47. The standard InChI is InChI=1S/C23H23Cl2F4N3O4/c1-10(19(33)34)22(2)21(31-3)32(20(30)23(27,28)29)14-7-5-11(24)9-12(14)18(36-22)16-13(26)6-8-15(35-4)17(16)25/h5-10,18,20H,30H2,1-4H3,(H,33,34)/t10-,18?,20?,22+/m1/s1. The van der Waals surface area contributed by atoms with E-state index >= 15 is 4.39 Å². The van der Waals surface area contributed by atoms with Gasteiger partial charge in [0, 0.05) is 23.2 Å². The molecule has 3 rings (SSSR count). The van der Waals surface area contributed by atoms with Crippen LogP contribution in [0.3, 0.4) is 0 Å². The first-order valence-corrected chi connectivity index (χ1v) is 11.2. The van der Waals surface area contributed by atoms with E-state index in [9.17, 15) is 23.1 Å². The van der Waals surface area contributed by atoms with E-state index in [0.29, 0.717) is 4.90 Å². The third-order valence-electron chi connectivity index (χ3n) is 6.16. The quantitative estimate of drug-likeness (QED) is 0.481. The predicted molar refractivity (Wildman–Crippen MR) is 127 cm³/mol. The van der Waals surface area contributed by atoms with Crippen LogP contribution in [0.1, 0.15) is 31.1 Å². The Labute approximate surface area is 214 Å². The van der Waals surface area contributed by atoms with Crippen LogP contribution < -0.4 is 15.4 Å². The Kier molecular flexibility index (Phi) is 7.81. The van der Waals surface area contributed by atoms with Crippen molar-refractivity contribution in [1.29, 1.82) is 0 Å². The van der Waals surface area contributed by atoms with Gasteiger partial charge in [-0.25, -0.2) is 4.39 Å². The minimum Gasteiger partial charge on any atom is -0.495 e. The highest BCUT2D eigenvalue weighted by molar-refractivity contribution is 6.33. The predicted octanol–water partition coefficient (Wildman–Crippen LogP) is 5.42. The number of aliphatic imine (C=N–C) groups is 1. The highest BCUT2D eigenvalue weighted by Crippen LogP contribution is 2.49. The van der Waals surface area contributed by atoms with Gasteiger partial charge in [0.25, 0.3) is 0 Å². The minimum atomic E-state index is -4.97. The van der Waals surface area contributed by atoms with E-state index in [0.717, 1.165) is 6.07 Å². The van der Waals surface area contributed by atoms with Crippen LogP contribution in [0, 0.1) is 11.7 Å². The summed E-state index contributed by atoms with van der Waals surface area (Å²) in [5.74, 6) is -4.12. The topological polar surface area (TPSA) is 97.4 Å². The number of halogens is 6. The van der Waals surface area contributed by atoms with Crippen molar-refractivity contribution >= 4 is 40.7 Å². The molecule has 7 nitrogen and oxygen atoms in total. The maximum absolute atomic E-state index is 15.3. The van der Waals surface area contributed by atoms with Crippen molar-refractivity contribution in [2.24, 2.45) is 16.6 Å². The van der Waals surface area contributed by atoms with Crippen LogP contribution in [-0.2, 0) is 9.53 Å². The first-order valence-electron chi connectivity index (χ1n) is 10.5.